The summed E-state index contributed by atoms with van der Waals surface area (Å²) >= 11 is 1.07. The third-order valence-electron chi connectivity index (χ3n) is 5.11. The Morgan fingerprint density at radius 2 is 1.77 bits per heavy atom. The minimum Gasteiger partial charge on any atom is -0.396 e. The number of sulfonamides is 1. The number of hydrogen-bond acceptors (Lipinski definition) is 9. The predicted octanol–water partition coefficient (Wildman–Crippen LogP) is 4.60. The second-order valence-electron chi connectivity index (χ2n) is 7.46. The molecule has 0 bridgehead atoms. The number of nitrogens with one attached hydrogen (secondary N) is 3. The van der Waals surface area contributed by atoms with Crippen molar-refractivity contribution < 1.29 is 17.7 Å². The molecular formula is C23H20N6O4S2. The SMILES string of the molecule is Cc1noc(NS(=O)(=O)c2ccc(NC(=O)c3c(Nc4ccccc4)sc(C#N)c3N)cc2)c1C. The van der Waals surface area contributed by atoms with Gasteiger partial charge >= 0.3 is 0 Å². The van der Waals surface area contributed by atoms with Crippen molar-refractivity contribution in [2.24, 2.45) is 0 Å². The number of thiophene rings is 1. The fourth-order valence-corrected chi connectivity index (χ4v) is 5.08. The molecule has 2 heterocycles. The lowest BCUT2D eigenvalue weighted by Crippen LogP contribution is -2.15. The van der Waals surface area contributed by atoms with Crippen LogP contribution in [-0.4, -0.2) is 19.5 Å². The molecule has 2 aromatic carbocycles. The summed E-state index contributed by atoms with van der Waals surface area (Å²) in [7, 11) is -3.93. The van der Waals surface area contributed by atoms with E-state index in [1.807, 2.05) is 36.4 Å². The second kappa shape index (κ2) is 9.49. The maximum atomic E-state index is 13.1. The molecule has 0 aliphatic carbocycles. The van der Waals surface area contributed by atoms with Gasteiger partial charge in [0.05, 0.1) is 21.8 Å². The average Bonchev–Trinajstić information content (AvgIpc) is 3.32. The van der Waals surface area contributed by atoms with E-state index in [2.05, 4.69) is 20.5 Å². The van der Waals surface area contributed by atoms with E-state index in [0.29, 0.717) is 21.9 Å². The fourth-order valence-electron chi connectivity index (χ4n) is 3.10. The standard InChI is InChI=1S/C23H20N6O4S2/c1-13-14(2)28-33-22(13)29-35(31,32)17-10-8-16(9-11-17)26-21(30)19-20(25)18(12-24)34-23(19)27-15-6-4-3-5-7-15/h3-11,27,29H,25H2,1-2H3,(H,26,30). The van der Waals surface area contributed by atoms with Gasteiger partial charge in [-0.05, 0) is 50.2 Å². The van der Waals surface area contributed by atoms with Crippen LogP contribution < -0.4 is 21.1 Å². The fraction of sp³-hybridized carbons (Fsp3) is 0.0870. The van der Waals surface area contributed by atoms with Crippen LogP contribution in [-0.2, 0) is 10.0 Å². The molecule has 178 valence electrons. The highest BCUT2D eigenvalue weighted by Crippen LogP contribution is 2.37. The van der Waals surface area contributed by atoms with Gasteiger partial charge in [-0.2, -0.15) is 5.26 Å². The maximum Gasteiger partial charge on any atom is 0.264 e. The first-order valence-corrected chi connectivity index (χ1v) is 12.5. The molecule has 10 nitrogen and oxygen atoms in total. The molecule has 0 saturated heterocycles. The van der Waals surface area contributed by atoms with Crippen molar-refractivity contribution >= 4 is 55.2 Å². The van der Waals surface area contributed by atoms with Crippen LogP contribution in [0.2, 0.25) is 0 Å². The molecule has 4 rings (SSSR count). The summed E-state index contributed by atoms with van der Waals surface area (Å²) in [5.41, 5.74) is 8.51. The number of nitrogens with zero attached hydrogens (tertiary/aromatic N) is 2. The number of amides is 1. The Morgan fingerprint density at radius 1 is 1.09 bits per heavy atom. The lowest BCUT2D eigenvalue weighted by Gasteiger charge is -2.10. The van der Waals surface area contributed by atoms with Crippen molar-refractivity contribution in [1.29, 1.82) is 5.26 Å². The molecule has 1 amide bonds. The largest absolute Gasteiger partial charge is 0.396 e. The molecule has 0 atom stereocenters. The van der Waals surface area contributed by atoms with E-state index < -0.39 is 15.9 Å². The number of benzene rings is 2. The number of nitrogen functional groups attached to an aromatic ring is 1. The minimum atomic E-state index is -3.93. The van der Waals surface area contributed by atoms with Gasteiger partial charge in [-0.15, -0.1) is 11.3 Å². The van der Waals surface area contributed by atoms with Gasteiger partial charge < -0.3 is 20.9 Å². The Kier molecular flexibility index (Phi) is 6.46. The Hall–Kier alpha value is -4.34. The van der Waals surface area contributed by atoms with Crippen LogP contribution in [0.3, 0.4) is 0 Å². The van der Waals surface area contributed by atoms with Gasteiger partial charge in [0.2, 0.25) is 5.88 Å². The van der Waals surface area contributed by atoms with E-state index in [4.69, 9.17) is 10.3 Å². The van der Waals surface area contributed by atoms with Gasteiger partial charge in [-0.25, -0.2) is 13.1 Å². The normalized spacial score (nSPS) is 11.0. The monoisotopic (exact) mass is 508 g/mol. The second-order valence-corrected chi connectivity index (χ2v) is 10.2. The highest BCUT2D eigenvalue weighted by atomic mass is 32.2. The van der Waals surface area contributed by atoms with Gasteiger partial charge in [-0.3, -0.25) is 4.79 Å². The number of nitriles is 1. The Balaban J connectivity index is 1.54. The summed E-state index contributed by atoms with van der Waals surface area (Å²) < 4.78 is 32.7. The summed E-state index contributed by atoms with van der Waals surface area (Å²) in [4.78, 5) is 13.2. The molecule has 0 aliphatic rings. The van der Waals surface area contributed by atoms with Gasteiger partial charge in [-0.1, -0.05) is 23.4 Å². The molecule has 2 aromatic heterocycles. The van der Waals surface area contributed by atoms with Crippen LogP contribution in [0.15, 0.2) is 64.0 Å². The van der Waals surface area contributed by atoms with E-state index in [0.717, 1.165) is 17.0 Å². The summed E-state index contributed by atoms with van der Waals surface area (Å²) in [5, 5.41) is 19.3. The molecule has 0 fully saturated rings. The number of carbonyl (C=O) groups excluding carboxylic acids is 1. The first kappa shape index (κ1) is 23.8. The molecule has 0 radical (unpaired) electrons. The number of rotatable bonds is 7. The van der Waals surface area contributed by atoms with Crippen molar-refractivity contribution in [2.75, 3.05) is 21.1 Å². The van der Waals surface area contributed by atoms with Crippen LogP contribution in [0.25, 0.3) is 0 Å². The van der Waals surface area contributed by atoms with E-state index >= 15 is 0 Å². The molecule has 12 heteroatoms. The van der Waals surface area contributed by atoms with Crippen molar-refractivity contribution in [3.8, 4) is 6.07 Å². The molecule has 0 unspecified atom stereocenters. The summed E-state index contributed by atoms with van der Waals surface area (Å²) in [5.74, 6) is -0.500. The predicted molar refractivity (Wildman–Crippen MR) is 134 cm³/mol. The quantitative estimate of drug-likeness (QED) is 0.281. The van der Waals surface area contributed by atoms with Crippen LogP contribution in [0.4, 0.5) is 27.9 Å². The molecule has 0 spiro atoms. The highest BCUT2D eigenvalue weighted by molar-refractivity contribution is 7.92. The van der Waals surface area contributed by atoms with Gasteiger partial charge in [0.15, 0.2) is 0 Å². The molecule has 4 aromatic rings. The van der Waals surface area contributed by atoms with Crippen molar-refractivity contribution in [3.05, 3.63) is 76.3 Å². The topological polar surface area (TPSA) is 163 Å². The van der Waals surface area contributed by atoms with E-state index in [1.54, 1.807) is 13.8 Å². The third kappa shape index (κ3) is 4.96. The number of hydrogen-bond donors (Lipinski definition) is 4. The minimum absolute atomic E-state index is 0.0304. The maximum absolute atomic E-state index is 13.1. The summed E-state index contributed by atoms with van der Waals surface area (Å²) in [6.45, 7) is 3.39. The Labute approximate surface area is 205 Å². The highest BCUT2D eigenvalue weighted by Gasteiger charge is 2.23. The van der Waals surface area contributed by atoms with Gasteiger partial charge in [0, 0.05) is 16.9 Å². The number of aromatic nitrogens is 1. The van der Waals surface area contributed by atoms with Crippen molar-refractivity contribution in [3.63, 3.8) is 0 Å². The summed E-state index contributed by atoms with van der Waals surface area (Å²) in [6.07, 6.45) is 0. The molecule has 5 N–H and O–H groups in total. The van der Waals surface area contributed by atoms with Crippen molar-refractivity contribution in [2.45, 2.75) is 18.7 Å². The van der Waals surface area contributed by atoms with Crippen LogP contribution in [0, 0.1) is 25.2 Å². The van der Waals surface area contributed by atoms with E-state index in [1.165, 1.54) is 24.3 Å². The molecule has 0 saturated carbocycles. The van der Waals surface area contributed by atoms with Crippen LogP contribution in [0.5, 0.6) is 0 Å². The molecule has 35 heavy (non-hydrogen) atoms. The average molecular weight is 509 g/mol. The van der Waals surface area contributed by atoms with E-state index in [9.17, 15) is 18.5 Å². The third-order valence-corrected chi connectivity index (χ3v) is 7.48. The van der Waals surface area contributed by atoms with Crippen LogP contribution in [0.1, 0.15) is 26.5 Å². The number of nitrogens with two attached hydrogens (primary N) is 1. The number of anilines is 5. The first-order valence-electron chi connectivity index (χ1n) is 10.2. The zero-order chi connectivity index (χ0) is 25.2. The van der Waals surface area contributed by atoms with Crippen molar-refractivity contribution in [1.82, 2.24) is 5.16 Å². The number of aryl methyl sites for hydroxylation is 1. The number of para-hydroxylation sites is 1. The number of carbonyl (C=O) groups is 1. The Morgan fingerprint density at radius 3 is 2.37 bits per heavy atom. The lowest BCUT2D eigenvalue weighted by atomic mass is 10.2. The lowest BCUT2D eigenvalue weighted by molar-refractivity contribution is 0.102. The summed E-state index contributed by atoms with van der Waals surface area (Å²) in [6, 6.07) is 16.7. The zero-order valence-electron chi connectivity index (χ0n) is 18.6. The zero-order valence-corrected chi connectivity index (χ0v) is 20.3. The Bertz CT molecular complexity index is 1540. The molecule has 0 aliphatic heterocycles. The van der Waals surface area contributed by atoms with Crippen LogP contribution >= 0.6 is 11.3 Å². The van der Waals surface area contributed by atoms with E-state index in [-0.39, 0.29) is 26.9 Å². The first-order chi connectivity index (χ1) is 16.7. The molecular weight excluding hydrogens is 488 g/mol. The van der Waals surface area contributed by atoms with Gasteiger partial charge in [0.25, 0.3) is 15.9 Å². The van der Waals surface area contributed by atoms with Gasteiger partial charge in [0.1, 0.15) is 15.9 Å². The smallest absolute Gasteiger partial charge is 0.264 e.